The Kier molecular flexibility index (Phi) is 7.37. The average molecular weight is 486 g/mol. The molecule has 0 saturated carbocycles. The molecule has 0 aliphatic heterocycles. The number of hydrogen-bond acceptors (Lipinski definition) is 10. The third kappa shape index (κ3) is 6.13. The van der Waals surface area contributed by atoms with E-state index in [4.69, 9.17) is 13.9 Å². The van der Waals surface area contributed by atoms with E-state index in [1.165, 1.54) is 38.3 Å². The molecule has 1 aromatic carbocycles. The summed E-state index contributed by atoms with van der Waals surface area (Å²) in [4.78, 5) is 45.7. The lowest BCUT2D eigenvalue weighted by molar-refractivity contribution is -0.132. The molecule has 2 aromatic heterocycles. The molecule has 0 unspecified atom stereocenters. The number of amides is 2. The van der Waals surface area contributed by atoms with Gasteiger partial charge in [-0.2, -0.15) is 4.98 Å². The predicted molar refractivity (Wildman–Crippen MR) is 117 cm³/mol. The lowest BCUT2D eigenvalue weighted by Gasteiger charge is -2.25. The maximum absolute atomic E-state index is 13.2. The van der Waals surface area contributed by atoms with Gasteiger partial charge in [0.05, 0.1) is 12.6 Å². The van der Waals surface area contributed by atoms with Crippen LogP contribution in [0, 0.1) is 12.7 Å². The van der Waals surface area contributed by atoms with E-state index < -0.39 is 29.1 Å². The normalized spacial score (nSPS) is 11.0. The number of aryl methyl sites for hydroxylation is 1. The molecule has 0 bridgehead atoms. The minimum absolute atomic E-state index is 0.0261. The van der Waals surface area contributed by atoms with Crippen molar-refractivity contribution in [3.8, 4) is 11.6 Å². The third-order valence-corrected chi connectivity index (χ3v) is 4.56. The van der Waals surface area contributed by atoms with Crippen LogP contribution in [0.25, 0.3) is 0 Å². The van der Waals surface area contributed by atoms with Gasteiger partial charge in [0.25, 0.3) is 11.8 Å². The van der Waals surface area contributed by atoms with Crippen LogP contribution < -0.4 is 20.1 Å². The molecule has 13 heteroatoms. The first-order valence-electron chi connectivity index (χ1n) is 10.3. The molecule has 0 spiro atoms. The molecule has 3 rings (SSSR count). The Balaban J connectivity index is 1.95. The van der Waals surface area contributed by atoms with Crippen LogP contribution in [0.2, 0.25) is 0 Å². The minimum atomic E-state index is -1.26. The summed E-state index contributed by atoms with van der Waals surface area (Å²) in [6.45, 7) is 5.87. The second kappa shape index (κ2) is 10.2. The highest BCUT2D eigenvalue weighted by Crippen LogP contribution is 2.31. The molecule has 35 heavy (non-hydrogen) atoms. The van der Waals surface area contributed by atoms with E-state index in [2.05, 4.69) is 30.8 Å². The van der Waals surface area contributed by atoms with Crippen molar-refractivity contribution in [2.75, 3.05) is 7.11 Å². The largest absolute Gasteiger partial charge is 0.478 e. The summed E-state index contributed by atoms with van der Waals surface area (Å²) in [5.74, 6) is -3.14. The van der Waals surface area contributed by atoms with Crippen LogP contribution in [0.15, 0.2) is 28.7 Å². The predicted octanol–water partition coefficient (Wildman–Crippen LogP) is 1.84. The molecular weight excluding hydrogens is 463 g/mol. The van der Waals surface area contributed by atoms with Gasteiger partial charge < -0.3 is 24.5 Å². The van der Waals surface area contributed by atoms with Gasteiger partial charge in [0.2, 0.25) is 11.6 Å². The molecule has 0 atom stereocenters. The molecule has 0 aliphatic carbocycles. The van der Waals surface area contributed by atoms with E-state index in [1.807, 2.05) is 0 Å². The van der Waals surface area contributed by atoms with Crippen molar-refractivity contribution < 1.29 is 32.7 Å². The number of esters is 1. The van der Waals surface area contributed by atoms with Crippen molar-refractivity contribution >= 4 is 17.8 Å². The topological polar surface area (TPSA) is 158 Å². The summed E-state index contributed by atoms with van der Waals surface area (Å²) in [5, 5.41) is 12.6. The second-order valence-corrected chi connectivity index (χ2v) is 7.84. The van der Waals surface area contributed by atoms with Crippen molar-refractivity contribution in [3.63, 3.8) is 0 Å². The summed E-state index contributed by atoms with van der Waals surface area (Å²) >= 11 is 0. The third-order valence-electron chi connectivity index (χ3n) is 4.56. The van der Waals surface area contributed by atoms with Gasteiger partial charge in [-0.15, -0.1) is 10.2 Å². The number of aromatic nitrogens is 4. The number of carbonyl (C=O) groups excluding carboxylic acids is 3. The smallest absolute Gasteiger partial charge is 0.309 e. The Hall–Kier alpha value is -4.42. The zero-order valence-electron chi connectivity index (χ0n) is 19.6. The maximum atomic E-state index is 13.2. The average Bonchev–Trinajstić information content (AvgIpc) is 3.24. The quantitative estimate of drug-likeness (QED) is 0.450. The van der Waals surface area contributed by atoms with Crippen molar-refractivity contribution in [2.45, 2.75) is 39.8 Å². The first-order chi connectivity index (χ1) is 16.5. The minimum Gasteiger partial charge on any atom is -0.478 e. The van der Waals surface area contributed by atoms with Gasteiger partial charge in [0, 0.05) is 20.4 Å². The van der Waals surface area contributed by atoms with Crippen molar-refractivity contribution in [1.29, 1.82) is 0 Å². The number of nitrogens with one attached hydrogen (secondary N) is 2. The molecular formula is C22H23FN6O6. The number of nitrogens with zero attached hydrogens (tertiary/aromatic N) is 4. The lowest BCUT2D eigenvalue weighted by atomic mass is 10.0. The van der Waals surface area contributed by atoms with Crippen LogP contribution in [-0.4, -0.2) is 45.1 Å². The second-order valence-electron chi connectivity index (χ2n) is 7.84. The molecule has 0 aliphatic rings. The Morgan fingerprint density at radius 2 is 1.77 bits per heavy atom. The summed E-state index contributed by atoms with van der Waals surface area (Å²) < 4.78 is 28.7. The Bertz CT molecular complexity index is 1260. The van der Waals surface area contributed by atoms with Gasteiger partial charge in [-0.1, -0.05) is 12.1 Å². The molecule has 2 N–H and O–H groups in total. The highest BCUT2D eigenvalue weighted by atomic mass is 19.1. The summed E-state index contributed by atoms with van der Waals surface area (Å²) in [5.41, 5.74) is -0.939. The summed E-state index contributed by atoms with van der Waals surface area (Å²) in [7, 11) is 1.27. The van der Waals surface area contributed by atoms with Crippen molar-refractivity contribution in [1.82, 2.24) is 30.8 Å². The number of rotatable bonds is 8. The van der Waals surface area contributed by atoms with Crippen LogP contribution in [0.3, 0.4) is 0 Å². The van der Waals surface area contributed by atoms with Gasteiger partial charge in [0.15, 0.2) is 11.5 Å². The summed E-state index contributed by atoms with van der Waals surface area (Å²) in [6, 6.07) is 5.53. The van der Waals surface area contributed by atoms with E-state index in [1.54, 1.807) is 13.8 Å². The molecule has 0 radical (unpaired) electrons. The zero-order chi connectivity index (χ0) is 25.8. The fourth-order valence-electron chi connectivity index (χ4n) is 2.89. The Morgan fingerprint density at radius 1 is 1.09 bits per heavy atom. The number of halogens is 1. The summed E-state index contributed by atoms with van der Waals surface area (Å²) in [6.07, 6.45) is 0. The Labute approximate surface area is 199 Å². The maximum Gasteiger partial charge on any atom is 0.309 e. The van der Waals surface area contributed by atoms with Gasteiger partial charge in [-0.05, 0) is 31.5 Å². The SMILES string of the molecule is COc1nc(C(C)(C)NC(=O)c2nnc(C)o2)nc(C(=O)NCc2ccc(F)cc2)c1OC(C)=O. The fourth-order valence-corrected chi connectivity index (χ4v) is 2.89. The zero-order valence-corrected chi connectivity index (χ0v) is 19.6. The van der Waals surface area contributed by atoms with E-state index in [9.17, 15) is 18.8 Å². The van der Waals surface area contributed by atoms with E-state index in [-0.39, 0.29) is 41.5 Å². The number of carbonyl (C=O) groups is 3. The molecule has 184 valence electrons. The van der Waals surface area contributed by atoms with Crippen LogP contribution in [0.4, 0.5) is 4.39 Å². The van der Waals surface area contributed by atoms with Crippen LogP contribution in [0.1, 0.15) is 59.2 Å². The standard InChI is InChI=1S/C22H23FN6O6/c1-11-28-29-20(34-11)18(32)27-22(3,4)21-25-15(16(35-12(2)30)19(26-21)33-5)17(31)24-10-13-6-8-14(23)9-7-13/h6-9H,10H2,1-5H3,(H,24,31)(H,27,32). The molecule has 2 heterocycles. The molecule has 3 aromatic rings. The van der Waals surface area contributed by atoms with E-state index in [0.29, 0.717) is 5.56 Å². The van der Waals surface area contributed by atoms with Gasteiger partial charge in [-0.3, -0.25) is 14.4 Å². The molecule has 0 saturated heterocycles. The highest BCUT2D eigenvalue weighted by Gasteiger charge is 2.33. The number of hydrogen-bond donors (Lipinski definition) is 2. The van der Waals surface area contributed by atoms with Crippen LogP contribution in [0.5, 0.6) is 11.6 Å². The fraction of sp³-hybridized carbons (Fsp3) is 0.318. The van der Waals surface area contributed by atoms with Gasteiger partial charge >= 0.3 is 17.8 Å². The molecule has 12 nitrogen and oxygen atoms in total. The first kappa shape index (κ1) is 25.2. The van der Waals surface area contributed by atoms with Crippen molar-refractivity contribution in [3.05, 3.63) is 58.9 Å². The lowest BCUT2D eigenvalue weighted by Crippen LogP contribution is -2.43. The van der Waals surface area contributed by atoms with Gasteiger partial charge in [0.1, 0.15) is 5.82 Å². The van der Waals surface area contributed by atoms with E-state index >= 15 is 0 Å². The van der Waals surface area contributed by atoms with Crippen molar-refractivity contribution in [2.24, 2.45) is 0 Å². The van der Waals surface area contributed by atoms with Gasteiger partial charge in [-0.25, -0.2) is 9.37 Å². The molecule has 0 fully saturated rings. The number of ether oxygens (including phenoxy) is 2. The monoisotopic (exact) mass is 486 g/mol. The first-order valence-corrected chi connectivity index (χ1v) is 10.3. The number of benzene rings is 1. The van der Waals surface area contributed by atoms with Crippen LogP contribution >= 0.6 is 0 Å². The van der Waals surface area contributed by atoms with Crippen LogP contribution in [-0.2, 0) is 16.9 Å². The highest BCUT2D eigenvalue weighted by molar-refractivity contribution is 5.96. The Morgan fingerprint density at radius 3 is 2.34 bits per heavy atom. The van der Waals surface area contributed by atoms with E-state index in [0.717, 1.165) is 6.92 Å². The number of methoxy groups -OCH3 is 1. The molecule has 2 amide bonds.